The molecule has 2 heteroatoms. The Bertz CT molecular complexity index is 200. The predicted octanol–water partition coefficient (Wildman–Crippen LogP) is 2.42. The van der Waals surface area contributed by atoms with Crippen molar-refractivity contribution in [2.24, 2.45) is 0 Å². The van der Waals surface area contributed by atoms with E-state index < -0.39 is 14.2 Å². The summed E-state index contributed by atoms with van der Waals surface area (Å²) in [7, 11) is -1.49. The van der Waals surface area contributed by atoms with Crippen LogP contribution in [0.1, 0.15) is 27.7 Å². The van der Waals surface area contributed by atoms with E-state index >= 15 is 0 Å². The monoisotopic (exact) mass is 184 g/mol. The third kappa shape index (κ3) is 3.42. The molecule has 1 atom stereocenters. The fourth-order valence-corrected chi connectivity index (χ4v) is 1.42. The van der Waals surface area contributed by atoms with E-state index in [1.54, 1.807) is 6.92 Å². The molecule has 12 heavy (non-hydrogen) atoms. The van der Waals surface area contributed by atoms with Crippen LogP contribution in [0.25, 0.3) is 0 Å². The lowest BCUT2D eigenvalue weighted by Crippen LogP contribution is -2.35. The highest BCUT2D eigenvalue weighted by atomic mass is 28.3. The summed E-state index contributed by atoms with van der Waals surface area (Å²) in [5.74, 6) is 2.86. The fourth-order valence-electron chi connectivity index (χ4n) is 0.472. The molecule has 0 rings (SSSR count). The van der Waals surface area contributed by atoms with E-state index in [9.17, 15) is 0 Å². The second kappa shape index (κ2) is 3.63. The fraction of sp³-hybridized carbons (Fsp3) is 0.800. The molecule has 0 aliphatic rings. The van der Waals surface area contributed by atoms with Crippen molar-refractivity contribution >= 4 is 8.07 Å². The average molecular weight is 184 g/mol. The molecule has 1 unspecified atom stereocenters. The minimum absolute atomic E-state index is 0.287. The van der Waals surface area contributed by atoms with Gasteiger partial charge in [0, 0.05) is 0 Å². The van der Waals surface area contributed by atoms with Crippen molar-refractivity contribution in [1.29, 1.82) is 0 Å². The summed E-state index contributed by atoms with van der Waals surface area (Å²) >= 11 is 0. The van der Waals surface area contributed by atoms with E-state index in [0.717, 1.165) is 0 Å². The molecular formula is C10H20OSi. The van der Waals surface area contributed by atoms with Crippen LogP contribution >= 0.6 is 0 Å². The second-order valence-electron chi connectivity index (χ2n) is 4.82. The van der Waals surface area contributed by atoms with Gasteiger partial charge in [0.1, 0.15) is 14.2 Å². The zero-order valence-electron chi connectivity index (χ0n) is 9.02. The summed E-state index contributed by atoms with van der Waals surface area (Å²) in [5.41, 5.74) is 3.24. The minimum Gasteiger partial charge on any atom is -0.381 e. The summed E-state index contributed by atoms with van der Waals surface area (Å²) in [6, 6.07) is 0. The second-order valence-corrected chi connectivity index (χ2v) is 9.82. The lowest BCUT2D eigenvalue weighted by molar-refractivity contribution is 0.253. The first-order valence-corrected chi connectivity index (χ1v) is 7.37. The highest BCUT2D eigenvalue weighted by Gasteiger charge is 2.33. The van der Waals surface area contributed by atoms with Crippen molar-refractivity contribution in [2.45, 2.75) is 51.9 Å². The van der Waals surface area contributed by atoms with E-state index in [-0.39, 0.29) is 5.04 Å². The van der Waals surface area contributed by atoms with Crippen molar-refractivity contribution in [3.05, 3.63) is 0 Å². The molecule has 0 aliphatic heterocycles. The van der Waals surface area contributed by atoms with Gasteiger partial charge in [0.15, 0.2) is 0 Å². The van der Waals surface area contributed by atoms with Crippen molar-refractivity contribution in [3.8, 4) is 11.5 Å². The highest BCUT2D eigenvalue weighted by Crippen LogP contribution is 2.35. The third-order valence-corrected chi connectivity index (χ3v) is 6.99. The van der Waals surface area contributed by atoms with E-state index in [1.807, 2.05) is 0 Å². The van der Waals surface area contributed by atoms with Crippen LogP contribution in [0.2, 0.25) is 18.1 Å². The molecule has 0 spiro atoms. The summed E-state index contributed by atoms with van der Waals surface area (Å²) in [6.07, 6.45) is -0.487. The van der Waals surface area contributed by atoms with Gasteiger partial charge >= 0.3 is 0 Å². The molecule has 1 nitrogen and oxygen atoms in total. The Morgan fingerprint density at radius 1 is 1.25 bits per heavy atom. The maximum absolute atomic E-state index is 9.03. The topological polar surface area (TPSA) is 20.2 Å². The quantitative estimate of drug-likeness (QED) is 0.453. The van der Waals surface area contributed by atoms with Gasteiger partial charge in [-0.25, -0.2) is 0 Å². The van der Waals surface area contributed by atoms with Crippen LogP contribution < -0.4 is 0 Å². The van der Waals surface area contributed by atoms with Crippen LogP contribution in [0.5, 0.6) is 0 Å². The van der Waals surface area contributed by atoms with Gasteiger partial charge in [-0.3, -0.25) is 0 Å². The van der Waals surface area contributed by atoms with Crippen LogP contribution in [0.15, 0.2) is 0 Å². The van der Waals surface area contributed by atoms with Gasteiger partial charge in [-0.05, 0) is 12.0 Å². The lowest BCUT2D eigenvalue weighted by Gasteiger charge is -2.31. The van der Waals surface area contributed by atoms with Gasteiger partial charge in [0.05, 0.1) is 0 Å². The van der Waals surface area contributed by atoms with Gasteiger partial charge in [-0.1, -0.05) is 39.8 Å². The van der Waals surface area contributed by atoms with Gasteiger partial charge in [-0.15, -0.1) is 5.54 Å². The lowest BCUT2D eigenvalue weighted by atomic mass is 10.2. The van der Waals surface area contributed by atoms with E-state index in [0.29, 0.717) is 0 Å². The van der Waals surface area contributed by atoms with Crippen LogP contribution in [0.3, 0.4) is 0 Å². The number of hydrogen-bond donors (Lipinski definition) is 1. The maximum Gasteiger partial charge on any atom is 0.137 e. The van der Waals surface area contributed by atoms with Crippen molar-refractivity contribution in [3.63, 3.8) is 0 Å². The molecule has 0 aromatic carbocycles. The Morgan fingerprint density at radius 2 is 1.67 bits per heavy atom. The molecular weight excluding hydrogens is 164 g/mol. The molecule has 0 aliphatic carbocycles. The molecule has 0 bridgehead atoms. The van der Waals surface area contributed by atoms with E-state index in [2.05, 4.69) is 45.3 Å². The number of hydrogen-bond acceptors (Lipinski definition) is 1. The normalized spacial score (nSPS) is 14.9. The molecule has 0 saturated heterocycles. The molecule has 0 saturated carbocycles. The van der Waals surface area contributed by atoms with Gasteiger partial charge < -0.3 is 5.11 Å². The first-order valence-electron chi connectivity index (χ1n) is 4.37. The van der Waals surface area contributed by atoms with E-state index in [1.165, 1.54) is 0 Å². The van der Waals surface area contributed by atoms with Gasteiger partial charge in [0.2, 0.25) is 0 Å². The molecule has 0 heterocycles. The van der Waals surface area contributed by atoms with Gasteiger partial charge in [-0.2, -0.15) is 0 Å². The highest BCUT2D eigenvalue weighted by molar-refractivity contribution is 6.87. The van der Waals surface area contributed by atoms with E-state index in [4.69, 9.17) is 5.11 Å². The minimum atomic E-state index is -1.49. The van der Waals surface area contributed by atoms with Crippen molar-refractivity contribution in [2.75, 3.05) is 0 Å². The molecule has 0 amide bonds. The Kier molecular flexibility index (Phi) is 3.55. The summed E-state index contributed by atoms with van der Waals surface area (Å²) in [6.45, 7) is 12.8. The molecule has 0 fully saturated rings. The van der Waals surface area contributed by atoms with Gasteiger partial charge in [0.25, 0.3) is 0 Å². The first-order chi connectivity index (χ1) is 5.17. The zero-order valence-corrected chi connectivity index (χ0v) is 10.0. The van der Waals surface area contributed by atoms with Crippen LogP contribution in [-0.4, -0.2) is 19.3 Å². The van der Waals surface area contributed by atoms with Crippen LogP contribution in [0, 0.1) is 11.5 Å². The standard InChI is InChI=1S/C10H20OSi/c1-9(11)7-8-12(5,6)10(2,3)4/h9,11H,1-6H3. The van der Waals surface area contributed by atoms with Crippen LogP contribution in [0.4, 0.5) is 0 Å². The smallest absolute Gasteiger partial charge is 0.137 e. The summed E-state index contributed by atoms with van der Waals surface area (Å²) < 4.78 is 0. The summed E-state index contributed by atoms with van der Waals surface area (Å²) in [4.78, 5) is 0. The Morgan fingerprint density at radius 3 is 1.92 bits per heavy atom. The maximum atomic E-state index is 9.03. The third-order valence-electron chi connectivity index (χ3n) is 2.47. The number of aliphatic hydroxyl groups excluding tert-OH is 1. The summed E-state index contributed by atoms with van der Waals surface area (Å²) in [5, 5.41) is 9.32. The molecule has 0 aromatic heterocycles. The van der Waals surface area contributed by atoms with Crippen LogP contribution in [-0.2, 0) is 0 Å². The largest absolute Gasteiger partial charge is 0.381 e. The van der Waals surface area contributed by atoms with Crippen molar-refractivity contribution in [1.82, 2.24) is 0 Å². The first kappa shape index (κ1) is 11.7. The number of aliphatic hydroxyl groups is 1. The molecule has 70 valence electrons. The average Bonchev–Trinajstić information content (AvgIpc) is 1.81. The molecule has 0 radical (unpaired) electrons. The number of rotatable bonds is 0. The zero-order chi connectivity index (χ0) is 9.99. The Hall–Kier alpha value is -0.263. The molecule has 1 N–H and O–H groups in total. The molecule has 0 aromatic rings. The Labute approximate surface area is 77.2 Å². The van der Waals surface area contributed by atoms with Crippen molar-refractivity contribution < 1.29 is 5.11 Å². The predicted molar refractivity (Wildman–Crippen MR) is 56.7 cm³/mol. The SMILES string of the molecule is CC(O)C#C[Si](C)(C)C(C)(C)C. The Balaban J connectivity index is 4.57.